The number of carbonyl (C=O) groups excluding carboxylic acids is 3. The van der Waals surface area contributed by atoms with Gasteiger partial charge in [-0.1, -0.05) is 18.2 Å². The fourth-order valence-corrected chi connectivity index (χ4v) is 12.0. The number of amides is 1. The second-order valence-electron chi connectivity index (χ2n) is 14.1. The molecule has 1 amide bonds. The highest BCUT2D eigenvalue weighted by Gasteiger charge is 2.92. The van der Waals surface area contributed by atoms with E-state index in [1.807, 2.05) is 0 Å². The quantitative estimate of drug-likeness (QED) is 0.239. The summed E-state index contributed by atoms with van der Waals surface area (Å²) in [5.41, 5.74) is -5.54. The number of likely N-dealkylation sites (tertiary alicyclic amines) is 1. The van der Waals surface area contributed by atoms with Gasteiger partial charge in [0.25, 0.3) is 0 Å². The van der Waals surface area contributed by atoms with Crippen LogP contribution in [0, 0.1) is 34.5 Å². The molecule has 1 heterocycles. The van der Waals surface area contributed by atoms with E-state index in [1.54, 1.807) is 42.3 Å². The minimum atomic E-state index is -1.92. The maximum Gasteiger partial charge on any atom is 0.338 e. The van der Waals surface area contributed by atoms with Crippen molar-refractivity contribution < 1.29 is 58.1 Å². The van der Waals surface area contributed by atoms with Crippen LogP contribution in [0.3, 0.4) is 0 Å². The number of aliphatic hydroxyl groups is 3. The fourth-order valence-electron chi connectivity index (χ4n) is 12.0. The van der Waals surface area contributed by atoms with Crippen molar-refractivity contribution in [2.24, 2.45) is 34.5 Å². The third-order valence-corrected chi connectivity index (χ3v) is 12.8. The summed E-state index contributed by atoms with van der Waals surface area (Å²) in [6.45, 7) is 1.44. The van der Waals surface area contributed by atoms with Crippen molar-refractivity contribution in [3.63, 3.8) is 0 Å². The molecule has 252 valence electrons. The summed E-state index contributed by atoms with van der Waals surface area (Å²) in [4.78, 5) is 41.6. The van der Waals surface area contributed by atoms with Crippen LogP contribution in [-0.4, -0.2) is 134 Å². The minimum Gasteiger partial charge on any atom is -0.455 e. The molecular weight excluding hydrogens is 602 g/mol. The monoisotopic (exact) mass is 645 g/mol. The van der Waals surface area contributed by atoms with E-state index in [1.165, 1.54) is 28.3 Å². The molecule has 7 bridgehead atoms. The lowest BCUT2D eigenvalue weighted by atomic mass is 9.42. The Kier molecular flexibility index (Phi) is 7.41. The molecule has 5 saturated carbocycles. The molecule has 5 aliphatic carbocycles. The summed E-state index contributed by atoms with van der Waals surface area (Å²) < 4.78 is 36.8. The molecule has 15 atom stereocenters. The van der Waals surface area contributed by atoms with Crippen LogP contribution in [0.4, 0.5) is 0 Å². The molecule has 1 aliphatic heterocycles. The Morgan fingerprint density at radius 3 is 2.33 bits per heavy atom. The zero-order chi connectivity index (χ0) is 33.0. The Morgan fingerprint density at radius 1 is 1.02 bits per heavy atom. The number of hydrogen-bond acceptors (Lipinski definition) is 12. The van der Waals surface area contributed by atoms with Gasteiger partial charge in [0, 0.05) is 83.0 Å². The van der Waals surface area contributed by atoms with Crippen molar-refractivity contribution in [3.8, 4) is 0 Å². The van der Waals surface area contributed by atoms with Gasteiger partial charge in [0.15, 0.2) is 5.60 Å². The van der Waals surface area contributed by atoms with Crippen LogP contribution < -0.4 is 0 Å². The molecule has 1 saturated heterocycles. The van der Waals surface area contributed by atoms with Crippen molar-refractivity contribution in [1.29, 1.82) is 0 Å². The van der Waals surface area contributed by atoms with Crippen LogP contribution in [0.1, 0.15) is 30.1 Å². The maximum absolute atomic E-state index is 13.7. The molecule has 6 aliphatic rings. The summed E-state index contributed by atoms with van der Waals surface area (Å²) in [6.07, 6.45) is -5.77. The van der Waals surface area contributed by atoms with Gasteiger partial charge in [-0.15, -0.1) is 0 Å². The molecule has 0 aromatic heterocycles. The normalized spacial score (nSPS) is 49.4. The Bertz CT molecular complexity index is 1400. The van der Waals surface area contributed by atoms with E-state index in [-0.39, 0.29) is 31.6 Å². The van der Waals surface area contributed by atoms with E-state index in [9.17, 15) is 29.7 Å². The predicted octanol–water partition coefficient (Wildman–Crippen LogP) is -0.215. The highest BCUT2D eigenvalue weighted by molar-refractivity contribution is 5.89. The smallest absolute Gasteiger partial charge is 0.338 e. The number of fused-ring (bicyclic) bond motifs is 2. The van der Waals surface area contributed by atoms with Gasteiger partial charge < -0.3 is 48.6 Å². The first kappa shape index (κ1) is 31.9. The predicted molar refractivity (Wildman–Crippen MR) is 156 cm³/mol. The summed E-state index contributed by atoms with van der Waals surface area (Å²) >= 11 is 0. The lowest BCUT2D eigenvalue weighted by Crippen LogP contribution is -2.81. The van der Waals surface area contributed by atoms with E-state index in [0.717, 1.165) is 6.41 Å². The Morgan fingerprint density at radius 2 is 1.74 bits per heavy atom. The second-order valence-corrected chi connectivity index (χ2v) is 14.1. The average Bonchev–Trinajstić information content (AvgIpc) is 3.41. The molecule has 9 unspecified atom stereocenters. The van der Waals surface area contributed by atoms with E-state index >= 15 is 0 Å². The molecule has 3 N–H and O–H groups in total. The number of methoxy groups -OCH3 is 4. The third kappa shape index (κ3) is 3.52. The van der Waals surface area contributed by atoms with E-state index < -0.39 is 100 Å². The third-order valence-electron chi connectivity index (χ3n) is 12.8. The molecular formula is C33H43NO12. The summed E-state index contributed by atoms with van der Waals surface area (Å²) in [5, 5.41) is 37.0. The van der Waals surface area contributed by atoms with E-state index in [2.05, 4.69) is 0 Å². The average molecular weight is 646 g/mol. The number of carbonyl (C=O) groups is 3. The van der Waals surface area contributed by atoms with Gasteiger partial charge >= 0.3 is 11.9 Å². The first-order valence-electron chi connectivity index (χ1n) is 15.8. The number of ether oxygens (including phenoxy) is 6. The molecule has 0 radical (unpaired) electrons. The standard InChI is InChI=1S/C33H43NO12/c1-16(36)46-33-21-18(12-31(40,28(44-5)26(33)38)27(21)45-29(39)17-9-7-6-8-10-17)32-20(42-3)11-19(37)30(14-41-2)13-34(15-35)25(32)22(33)23(43-4)24(30)32/h6-10,15,18-28,37-38,40H,11-14H2,1-5H3/t18?,19-,20+,21?,22+,23+,24?,25?,26?,27?,28?,30+,31?,32+,33?/m1/s1. The van der Waals surface area contributed by atoms with Crippen LogP contribution in [0.2, 0.25) is 0 Å². The summed E-state index contributed by atoms with van der Waals surface area (Å²) in [5.74, 6) is -4.46. The number of esters is 2. The topological polar surface area (TPSA) is 171 Å². The molecule has 1 aromatic rings. The molecule has 1 spiro atoms. The van der Waals surface area contributed by atoms with Crippen molar-refractivity contribution >= 4 is 18.3 Å². The largest absolute Gasteiger partial charge is 0.455 e. The second kappa shape index (κ2) is 10.7. The summed E-state index contributed by atoms with van der Waals surface area (Å²) in [6, 6.07) is 7.64. The lowest BCUT2D eigenvalue weighted by molar-refractivity contribution is -0.319. The van der Waals surface area contributed by atoms with Gasteiger partial charge in [-0.2, -0.15) is 0 Å². The van der Waals surface area contributed by atoms with Crippen LogP contribution >= 0.6 is 0 Å². The van der Waals surface area contributed by atoms with Gasteiger partial charge in [0.1, 0.15) is 23.9 Å². The van der Waals surface area contributed by atoms with E-state index in [4.69, 9.17) is 28.4 Å². The first-order valence-corrected chi connectivity index (χ1v) is 15.8. The number of hydrogen-bond donors (Lipinski definition) is 3. The van der Waals surface area contributed by atoms with Gasteiger partial charge in [0.05, 0.1) is 30.5 Å². The zero-order valence-electron chi connectivity index (χ0n) is 26.6. The van der Waals surface area contributed by atoms with Crippen molar-refractivity contribution in [2.45, 2.75) is 73.6 Å². The number of rotatable bonds is 9. The molecule has 13 heteroatoms. The van der Waals surface area contributed by atoms with Crippen molar-refractivity contribution in [3.05, 3.63) is 35.9 Å². The number of benzene rings is 1. The number of aliphatic hydroxyl groups excluding tert-OH is 2. The van der Waals surface area contributed by atoms with Crippen molar-refractivity contribution in [2.75, 3.05) is 41.6 Å². The molecule has 6 fully saturated rings. The van der Waals surface area contributed by atoms with E-state index in [0.29, 0.717) is 0 Å². The number of nitrogens with zero attached hydrogens (tertiary/aromatic N) is 1. The summed E-state index contributed by atoms with van der Waals surface area (Å²) in [7, 11) is 5.95. The number of piperidine rings is 1. The van der Waals surface area contributed by atoms with Crippen LogP contribution in [0.5, 0.6) is 0 Å². The SMILES string of the molecule is COC[C@]12CN(C=O)C3[C@@H]4[C@H](OC)C1[C@]3(C1CC3(O)C(OC)C(O)C4(OC(C)=O)C1C3OC(=O)c1ccccc1)[C@@H](OC)C[C@H]2O. The van der Waals surface area contributed by atoms with Gasteiger partial charge in [0.2, 0.25) is 6.41 Å². The van der Waals surface area contributed by atoms with Gasteiger partial charge in [-0.3, -0.25) is 9.59 Å². The first-order chi connectivity index (χ1) is 22.0. The Labute approximate surface area is 267 Å². The van der Waals surface area contributed by atoms with Crippen LogP contribution in [0.25, 0.3) is 0 Å². The minimum absolute atomic E-state index is 0.0369. The highest BCUT2D eigenvalue weighted by Crippen LogP contribution is 2.80. The van der Waals surface area contributed by atoms with Crippen LogP contribution in [-0.2, 0) is 38.0 Å². The molecule has 46 heavy (non-hydrogen) atoms. The lowest BCUT2D eigenvalue weighted by Gasteiger charge is -2.69. The molecule has 13 nitrogen and oxygen atoms in total. The Balaban J connectivity index is 1.53. The van der Waals surface area contributed by atoms with Crippen molar-refractivity contribution in [1.82, 2.24) is 4.90 Å². The Hall–Kier alpha value is -2.65. The molecule has 7 rings (SSSR count). The maximum atomic E-state index is 13.7. The highest BCUT2D eigenvalue weighted by atomic mass is 16.6. The molecule has 1 aromatic carbocycles. The fraction of sp³-hybridized carbons (Fsp3) is 0.727. The zero-order valence-corrected chi connectivity index (χ0v) is 26.6. The van der Waals surface area contributed by atoms with Gasteiger partial charge in [-0.25, -0.2) is 4.79 Å². The van der Waals surface area contributed by atoms with Gasteiger partial charge in [-0.05, 0) is 24.5 Å². The van der Waals surface area contributed by atoms with Crippen LogP contribution in [0.15, 0.2) is 30.3 Å².